The van der Waals surface area contributed by atoms with Gasteiger partial charge in [-0.05, 0) is 12.5 Å². The minimum absolute atomic E-state index is 0.324. The Labute approximate surface area is 67.0 Å². The summed E-state index contributed by atoms with van der Waals surface area (Å²) in [5.74, 6) is 0. The quantitative estimate of drug-likeness (QED) is 0.621. The third-order valence-electron chi connectivity index (χ3n) is 1.49. The first-order valence-electron chi connectivity index (χ1n) is 3.29. The molecule has 1 N–H and O–H groups in total. The van der Waals surface area contributed by atoms with E-state index in [1.807, 2.05) is 18.2 Å². The molecule has 0 heterocycles. The van der Waals surface area contributed by atoms with Crippen LogP contribution in [0.5, 0.6) is 0 Å². The number of rotatable bonds is 2. The molecular formula is C8H11NS. The zero-order valence-electron chi connectivity index (χ0n) is 5.91. The van der Waals surface area contributed by atoms with E-state index in [-0.39, 0.29) is 0 Å². The van der Waals surface area contributed by atoms with Crippen molar-refractivity contribution in [2.75, 3.05) is 0 Å². The first-order valence-corrected chi connectivity index (χ1v) is 3.74. The van der Waals surface area contributed by atoms with Gasteiger partial charge < -0.3 is 0 Å². The van der Waals surface area contributed by atoms with Crippen LogP contribution in [0.2, 0.25) is 0 Å². The Balaban J connectivity index is 2.75. The lowest BCUT2D eigenvalue weighted by Crippen LogP contribution is -2.05. The minimum Gasteiger partial charge on any atom is -0.260 e. The molecule has 0 saturated heterocycles. The average molecular weight is 153 g/mol. The summed E-state index contributed by atoms with van der Waals surface area (Å²) in [6.07, 6.45) is 0. The summed E-state index contributed by atoms with van der Waals surface area (Å²) in [7, 11) is 0. The van der Waals surface area contributed by atoms with Crippen LogP contribution in [0.25, 0.3) is 0 Å². The van der Waals surface area contributed by atoms with Gasteiger partial charge in [0.1, 0.15) is 0 Å². The molecule has 0 aliphatic rings. The van der Waals surface area contributed by atoms with Crippen LogP contribution in [0.1, 0.15) is 18.5 Å². The van der Waals surface area contributed by atoms with Gasteiger partial charge in [0, 0.05) is 6.04 Å². The molecule has 0 spiro atoms. The molecular weight excluding hydrogens is 142 g/mol. The molecule has 1 unspecified atom stereocenters. The topological polar surface area (TPSA) is 12.0 Å². The first kappa shape index (κ1) is 7.63. The molecule has 0 aromatic heterocycles. The second-order valence-electron chi connectivity index (χ2n) is 2.26. The summed E-state index contributed by atoms with van der Waals surface area (Å²) in [5.41, 5.74) is 1.26. The van der Waals surface area contributed by atoms with Gasteiger partial charge in [0.05, 0.1) is 0 Å². The van der Waals surface area contributed by atoms with Crippen LogP contribution in [-0.2, 0) is 0 Å². The van der Waals surface area contributed by atoms with Crippen molar-refractivity contribution in [2.45, 2.75) is 13.0 Å². The second kappa shape index (κ2) is 3.64. The van der Waals surface area contributed by atoms with Gasteiger partial charge >= 0.3 is 0 Å². The van der Waals surface area contributed by atoms with Gasteiger partial charge in [0.15, 0.2) is 0 Å². The maximum Gasteiger partial charge on any atom is 0.0390 e. The van der Waals surface area contributed by atoms with E-state index in [0.29, 0.717) is 6.04 Å². The second-order valence-corrected chi connectivity index (χ2v) is 2.52. The summed E-state index contributed by atoms with van der Waals surface area (Å²) >= 11 is 3.98. The van der Waals surface area contributed by atoms with Crippen molar-refractivity contribution < 1.29 is 0 Å². The Morgan fingerprint density at radius 1 is 1.30 bits per heavy atom. The summed E-state index contributed by atoms with van der Waals surface area (Å²) in [5, 5.41) is 0. The van der Waals surface area contributed by atoms with Crippen LogP contribution in [0.15, 0.2) is 30.3 Å². The molecule has 1 aromatic rings. The van der Waals surface area contributed by atoms with Crippen molar-refractivity contribution in [1.29, 1.82) is 0 Å². The molecule has 10 heavy (non-hydrogen) atoms. The molecule has 0 radical (unpaired) electrons. The Morgan fingerprint density at radius 3 is 2.40 bits per heavy atom. The van der Waals surface area contributed by atoms with Gasteiger partial charge in [0.2, 0.25) is 0 Å². The van der Waals surface area contributed by atoms with Gasteiger partial charge in [-0.25, -0.2) is 0 Å². The van der Waals surface area contributed by atoms with E-state index in [0.717, 1.165) is 0 Å². The highest BCUT2D eigenvalue weighted by atomic mass is 32.1. The van der Waals surface area contributed by atoms with Gasteiger partial charge in [-0.1, -0.05) is 43.1 Å². The molecule has 0 aliphatic carbocycles. The molecule has 0 saturated carbocycles. The van der Waals surface area contributed by atoms with E-state index in [1.54, 1.807) is 0 Å². The molecule has 0 amide bonds. The van der Waals surface area contributed by atoms with E-state index in [9.17, 15) is 0 Å². The third kappa shape index (κ3) is 1.75. The fourth-order valence-electron chi connectivity index (χ4n) is 0.816. The highest BCUT2D eigenvalue weighted by molar-refractivity contribution is 7.78. The molecule has 1 aromatic carbocycles. The van der Waals surface area contributed by atoms with Crippen molar-refractivity contribution in [3.05, 3.63) is 35.9 Å². The van der Waals surface area contributed by atoms with Crippen LogP contribution in [0.4, 0.5) is 0 Å². The molecule has 54 valence electrons. The van der Waals surface area contributed by atoms with Gasteiger partial charge in [0.25, 0.3) is 0 Å². The predicted octanol–water partition coefficient (Wildman–Crippen LogP) is 2.18. The number of hydrogen-bond acceptors (Lipinski definition) is 2. The van der Waals surface area contributed by atoms with E-state index in [2.05, 4.69) is 36.6 Å². The highest BCUT2D eigenvalue weighted by Crippen LogP contribution is 2.10. The average Bonchev–Trinajstić information content (AvgIpc) is 2.05. The SMILES string of the molecule is CC(NS)c1ccccc1. The summed E-state index contributed by atoms with van der Waals surface area (Å²) in [6, 6.07) is 10.5. The van der Waals surface area contributed by atoms with Gasteiger partial charge in [-0.2, -0.15) is 0 Å². The number of nitrogens with one attached hydrogen (secondary N) is 1. The zero-order valence-corrected chi connectivity index (χ0v) is 6.81. The fraction of sp³-hybridized carbons (Fsp3) is 0.250. The molecule has 0 bridgehead atoms. The maximum absolute atomic E-state index is 3.98. The number of thiol groups is 1. The Kier molecular flexibility index (Phi) is 2.78. The number of benzene rings is 1. The van der Waals surface area contributed by atoms with Crippen LogP contribution >= 0.6 is 12.8 Å². The zero-order chi connectivity index (χ0) is 7.40. The summed E-state index contributed by atoms with van der Waals surface area (Å²) < 4.78 is 2.88. The van der Waals surface area contributed by atoms with Crippen molar-refractivity contribution in [3.63, 3.8) is 0 Å². The smallest absolute Gasteiger partial charge is 0.0390 e. The van der Waals surface area contributed by atoms with Crippen LogP contribution < -0.4 is 4.72 Å². The molecule has 1 rings (SSSR count). The predicted molar refractivity (Wildman–Crippen MR) is 47.0 cm³/mol. The third-order valence-corrected chi connectivity index (χ3v) is 1.88. The van der Waals surface area contributed by atoms with Crippen molar-refractivity contribution in [2.24, 2.45) is 0 Å². The lowest BCUT2D eigenvalue weighted by atomic mass is 10.1. The molecule has 1 atom stereocenters. The Hall–Kier alpha value is -0.470. The fourth-order valence-corrected chi connectivity index (χ4v) is 0.965. The summed E-state index contributed by atoms with van der Waals surface area (Å²) in [4.78, 5) is 0. The first-order chi connectivity index (χ1) is 4.84. The molecule has 0 aliphatic heterocycles. The maximum atomic E-state index is 3.98. The lowest BCUT2D eigenvalue weighted by molar-refractivity contribution is 0.759. The van der Waals surface area contributed by atoms with Crippen molar-refractivity contribution in [3.8, 4) is 0 Å². The van der Waals surface area contributed by atoms with Crippen LogP contribution in [0, 0.1) is 0 Å². The normalized spacial score (nSPS) is 13.0. The highest BCUT2D eigenvalue weighted by Gasteiger charge is 1.98. The minimum atomic E-state index is 0.324. The van der Waals surface area contributed by atoms with Crippen LogP contribution in [0.3, 0.4) is 0 Å². The van der Waals surface area contributed by atoms with Crippen molar-refractivity contribution in [1.82, 2.24) is 4.72 Å². The standard InChI is InChI=1S/C8H11NS/c1-7(9-10)8-5-3-2-4-6-8/h2-7,9-10H,1H3. The van der Waals surface area contributed by atoms with Gasteiger partial charge in [-0.3, -0.25) is 4.72 Å². The Bertz CT molecular complexity index is 186. The van der Waals surface area contributed by atoms with E-state index in [4.69, 9.17) is 0 Å². The molecule has 1 nitrogen and oxygen atoms in total. The monoisotopic (exact) mass is 153 g/mol. The van der Waals surface area contributed by atoms with E-state index >= 15 is 0 Å². The van der Waals surface area contributed by atoms with Crippen molar-refractivity contribution >= 4 is 12.8 Å². The summed E-state index contributed by atoms with van der Waals surface area (Å²) in [6.45, 7) is 2.07. The lowest BCUT2D eigenvalue weighted by Gasteiger charge is -2.07. The Morgan fingerprint density at radius 2 is 1.90 bits per heavy atom. The molecule has 2 heteroatoms. The van der Waals surface area contributed by atoms with E-state index in [1.165, 1.54) is 5.56 Å². The largest absolute Gasteiger partial charge is 0.260 e. The van der Waals surface area contributed by atoms with Crippen LogP contribution in [-0.4, -0.2) is 0 Å². The van der Waals surface area contributed by atoms with Gasteiger partial charge in [-0.15, -0.1) is 0 Å². The molecule has 0 fully saturated rings. The number of hydrogen-bond donors (Lipinski definition) is 2. The van der Waals surface area contributed by atoms with E-state index < -0.39 is 0 Å².